The molecule has 0 bridgehead atoms. The van der Waals surface area contributed by atoms with Crippen molar-refractivity contribution < 1.29 is 46.0 Å². The molecule has 3 aliphatic rings. The second-order valence-electron chi connectivity index (χ2n) is 9.76. The van der Waals surface area contributed by atoms with Crippen LogP contribution in [0.15, 0.2) is 11.6 Å². The van der Waals surface area contributed by atoms with Crippen molar-refractivity contribution in [3.63, 3.8) is 0 Å². The fraction of sp³-hybridized carbons (Fsp3) is 0.737. The van der Waals surface area contributed by atoms with Crippen molar-refractivity contribution in [2.75, 3.05) is 12.8 Å². The number of piperidine rings is 1. The number of carbonyl (C=O) groups excluding carboxylic acids is 3. The van der Waals surface area contributed by atoms with Crippen LogP contribution in [0.2, 0.25) is 0 Å². The summed E-state index contributed by atoms with van der Waals surface area (Å²) in [6.45, 7) is 10.0. The molecule has 0 N–H and O–H groups in total. The SMILES string of the molecule is CC(C)(C)OC(=O)OC1=C(OS(C)(=O)=O)C2CCN(OC(=O)OC(C)(C)C)[C@@H]3C(=O)N1[C@H]23. The summed E-state index contributed by atoms with van der Waals surface area (Å²) in [6.07, 6.45) is -0.967. The Bertz CT molecular complexity index is 960. The largest absolute Gasteiger partial charge is 0.528 e. The molecule has 3 aliphatic heterocycles. The first-order valence-electron chi connectivity index (χ1n) is 10.0. The molecule has 0 spiro atoms. The first-order chi connectivity index (χ1) is 14.5. The molecule has 0 saturated carbocycles. The van der Waals surface area contributed by atoms with E-state index in [1.54, 1.807) is 41.5 Å². The van der Waals surface area contributed by atoms with Gasteiger partial charge in [0.25, 0.3) is 11.8 Å². The number of hydrogen-bond acceptors (Lipinski definition) is 11. The van der Waals surface area contributed by atoms with Crippen LogP contribution in [0.4, 0.5) is 9.59 Å². The van der Waals surface area contributed by atoms with Gasteiger partial charge in [0, 0.05) is 12.5 Å². The molecule has 2 fully saturated rings. The molecule has 3 heterocycles. The lowest BCUT2D eigenvalue weighted by molar-refractivity contribution is -0.223. The standard InChI is InChI=1S/C19H28N2O10S/c1-18(2,3)28-16(23)27-15-13(31-32(7,25)26)10-8-9-20(12-11(10)21(15)14(12)22)30-17(24)29-19(4,5)6/h10-12H,8-9H2,1-7H3/t10?,11-,12+/m1/s1. The molecular weight excluding hydrogens is 448 g/mol. The highest BCUT2D eigenvalue weighted by Crippen LogP contribution is 2.50. The average Bonchev–Trinajstić information content (AvgIpc) is 2.80. The fourth-order valence-electron chi connectivity index (χ4n) is 3.74. The van der Waals surface area contributed by atoms with Gasteiger partial charge in [-0.1, -0.05) is 0 Å². The van der Waals surface area contributed by atoms with Gasteiger partial charge in [-0.25, -0.2) is 9.59 Å². The van der Waals surface area contributed by atoms with Crippen molar-refractivity contribution in [2.45, 2.75) is 71.2 Å². The van der Waals surface area contributed by atoms with E-state index in [0.717, 1.165) is 11.2 Å². The Morgan fingerprint density at radius 1 is 1.00 bits per heavy atom. The highest BCUT2D eigenvalue weighted by Gasteiger charge is 2.66. The quantitative estimate of drug-likeness (QED) is 0.334. The minimum atomic E-state index is -3.98. The number of amides is 1. The van der Waals surface area contributed by atoms with Crippen molar-refractivity contribution in [2.24, 2.45) is 5.92 Å². The van der Waals surface area contributed by atoms with E-state index in [0.29, 0.717) is 0 Å². The molecule has 2 saturated heterocycles. The molecule has 0 aromatic carbocycles. The molecule has 0 aromatic rings. The van der Waals surface area contributed by atoms with E-state index in [2.05, 4.69) is 0 Å². The van der Waals surface area contributed by atoms with Gasteiger partial charge in [-0.15, -0.1) is 5.06 Å². The number of β-lactam (4-membered cyclic amide) rings is 1. The first-order valence-corrected chi connectivity index (χ1v) is 11.8. The monoisotopic (exact) mass is 476 g/mol. The van der Waals surface area contributed by atoms with Gasteiger partial charge in [0.2, 0.25) is 0 Å². The van der Waals surface area contributed by atoms with Gasteiger partial charge in [0.05, 0.1) is 12.3 Å². The summed E-state index contributed by atoms with van der Waals surface area (Å²) < 4.78 is 44.3. The van der Waals surface area contributed by atoms with Crippen molar-refractivity contribution in [3.8, 4) is 0 Å². The minimum Gasteiger partial charge on any atom is -0.428 e. The van der Waals surface area contributed by atoms with E-state index < -0.39 is 57.5 Å². The Labute approximate surface area is 186 Å². The third kappa shape index (κ3) is 5.09. The zero-order valence-electron chi connectivity index (χ0n) is 19.0. The average molecular weight is 477 g/mol. The molecule has 13 heteroatoms. The van der Waals surface area contributed by atoms with Gasteiger partial charge in [-0.2, -0.15) is 8.42 Å². The molecule has 1 unspecified atom stereocenters. The summed E-state index contributed by atoms with van der Waals surface area (Å²) in [5.74, 6) is -1.62. The molecular formula is C19H28N2O10S. The summed E-state index contributed by atoms with van der Waals surface area (Å²) in [6, 6.07) is -1.55. The highest BCUT2D eigenvalue weighted by molar-refractivity contribution is 7.86. The molecule has 0 aliphatic carbocycles. The normalized spacial score (nSPS) is 25.7. The Morgan fingerprint density at radius 3 is 2.09 bits per heavy atom. The molecule has 12 nitrogen and oxygen atoms in total. The zero-order valence-corrected chi connectivity index (χ0v) is 19.8. The van der Waals surface area contributed by atoms with E-state index in [1.165, 1.54) is 5.06 Å². The number of nitrogens with zero attached hydrogens (tertiary/aromatic N) is 2. The summed E-state index contributed by atoms with van der Waals surface area (Å²) in [5, 5.41) is 1.20. The Hall–Kier alpha value is -2.54. The van der Waals surface area contributed by atoms with Crippen LogP contribution in [0.5, 0.6) is 0 Å². The number of hydrogen-bond donors (Lipinski definition) is 0. The van der Waals surface area contributed by atoms with Crippen LogP contribution in [-0.4, -0.2) is 72.7 Å². The van der Waals surface area contributed by atoms with Crippen molar-refractivity contribution >= 4 is 28.3 Å². The van der Waals surface area contributed by atoms with Crippen LogP contribution < -0.4 is 0 Å². The van der Waals surface area contributed by atoms with E-state index in [1.807, 2.05) is 0 Å². The van der Waals surface area contributed by atoms with Gasteiger partial charge in [-0.05, 0) is 48.0 Å². The highest BCUT2D eigenvalue weighted by atomic mass is 32.2. The van der Waals surface area contributed by atoms with Crippen molar-refractivity contribution in [1.29, 1.82) is 0 Å². The first kappa shape index (κ1) is 24.1. The fourth-order valence-corrected chi connectivity index (χ4v) is 4.26. The van der Waals surface area contributed by atoms with Crippen LogP contribution >= 0.6 is 0 Å². The number of hydroxylamine groups is 2. The predicted molar refractivity (Wildman–Crippen MR) is 107 cm³/mol. The van der Waals surface area contributed by atoms with Gasteiger partial charge in [0.1, 0.15) is 17.2 Å². The predicted octanol–water partition coefficient (Wildman–Crippen LogP) is 1.86. The van der Waals surface area contributed by atoms with Crippen LogP contribution in [0.1, 0.15) is 48.0 Å². The maximum Gasteiger partial charge on any atom is 0.528 e. The lowest BCUT2D eigenvalue weighted by Gasteiger charge is -2.51. The van der Waals surface area contributed by atoms with E-state index in [-0.39, 0.29) is 24.6 Å². The number of carbonyl (C=O) groups is 3. The van der Waals surface area contributed by atoms with Gasteiger partial charge in [-0.3, -0.25) is 9.69 Å². The van der Waals surface area contributed by atoms with Gasteiger partial charge >= 0.3 is 22.4 Å². The Balaban J connectivity index is 1.84. The summed E-state index contributed by atoms with van der Waals surface area (Å²) in [4.78, 5) is 43.6. The number of rotatable bonds is 4. The third-order valence-corrected chi connectivity index (χ3v) is 5.14. The van der Waals surface area contributed by atoms with E-state index in [9.17, 15) is 22.8 Å². The second kappa shape index (κ2) is 7.80. The van der Waals surface area contributed by atoms with Crippen LogP contribution in [0.3, 0.4) is 0 Å². The molecule has 0 aromatic heterocycles. The Morgan fingerprint density at radius 2 is 1.56 bits per heavy atom. The van der Waals surface area contributed by atoms with Crippen LogP contribution in [0, 0.1) is 5.92 Å². The molecule has 3 atom stereocenters. The second-order valence-corrected chi connectivity index (χ2v) is 11.3. The van der Waals surface area contributed by atoms with Crippen molar-refractivity contribution in [1.82, 2.24) is 9.96 Å². The smallest absolute Gasteiger partial charge is 0.428 e. The van der Waals surface area contributed by atoms with E-state index >= 15 is 0 Å². The molecule has 180 valence electrons. The zero-order chi connectivity index (χ0) is 24.2. The lowest BCUT2D eigenvalue weighted by Crippen LogP contribution is -2.72. The topological polar surface area (TPSA) is 138 Å². The number of ether oxygens (including phenoxy) is 3. The third-order valence-electron chi connectivity index (χ3n) is 4.65. The van der Waals surface area contributed by atoms with Gasteiger partial charge in [0.15, 0.2) is 5.76 Å². The maximum absolute atomic E-state index is 12.9. The van der Waals surface area contributed by atoms with E-state index in [4.69, 9.17) is 23.2 Å². The molecule has 1 amide bonds. The summed E-state index contributed by atoms with van der Waals surface area (Å²) in [5.41, 5.74) is -1.66. The molecule has 0 radical (unpaired) electrons. The van der Waals surface area contributed by atoms with Crippen molar-refractivity contribution in [3.05, 3.63) is 11.6 Å². The Kier molecular flexibility index (Phi) is 5.88. The summed E-state index contributed by atoms with van der Waals surface area (Å²) in [7, 11) is -3.98. The lowest BCUT2D eigenvalue weighted by atomic mass is 9.81. The summed E-state index contributed by atoms with van der Waals surface area (Å²) >= 11 is 0. The van der Waals surface area contributed by atoms with Gasteiger partial charge < -0.3 is 23.2 Å². The molecule has 3 rings (SSSR count). The van der Waals surface area contributed by atoms with Crippen LogP contribution in [0.25, 0.3) is 0 Å². The van der Waals surface area contributed by atoms with Crippen LogP contribution in [-0.2, 0) is 38.1 Å². The maximum atomic E-state index is 12.9. The minimum absolute atomic E-state index is 0.112. The molecule has 32 heavy (non-hydrogen) atoms.